The summed E-state index contributed by atoms with van der Waals surface area (Å²) in [5, 5.41) is 0. The lowest BCUT2D eigenvalue weighted by molar-refractivity contribution is -0.140. The molecule has 92 valence electrons. The van der Waals surface area contributed by atoms with Gasteiger partial charge in [0, 0.05) is 22.6 Å². The first-order valence-electron chi connectivity index (χ1n) is 5.50. The average molecular weight is 252 g/mol. The Kier molecular flexibility index (Phi) is 5.77. The average Bonchev–Trinajstić information content (AvgIpc) is 2.38. The van der Waals surface area contributed by atoms with E-state index in [-0.39, 0.29) is 11.8 Å². The van der Waals surface area contributed by atoms with Gasteiger partial charge in [0.05, 0.1) is 13.5 Å². The van der Waals surface area contributed by atoms with Crippen molar-refractivity contribution < 1.29 is 14.3 Å². The lowest BCUT2D eigenvalue weighted by atomic mass is 10.1. The molecular formula is C13H16O3S. The van der Waals surface area contributed by atoms with Crippen molar-refractivity contribution in [1.29, 1.82) is 0 Å². The summed E-state index contributed by atoms with van der Waals surface area (Å²) in [5.74, 6) is 0.639. The molecule has 0 spiro atoms. The number of thioether (sulfide) groups is 1. The van der Waals surface area contributed by atoms with Crippen molar-refractivity contribution in [1.82, 2.24) is 0 Å². The van der Waals surface area contributed by atoms with Gasteiger partial charge >= 0.3 is 5.97 Å². The van der Waals surface area contributed by atoms with Gasteiger partial charge in [-0.15, -0.1) is 11.8 Å². The van der Waals surface area contributed by atoms with Crippen LogP contribution < -0.4 is 0 Å². The molecule has 0 heterocycles. The van der Waals surface area contributed by atoms with Crippen molar-refractivity contribution in [3.8, 4) is 0 Å². The highest BCUT2D eigenvalue weighted by atomic mass is 32.2. The van der Waals surface area contributed by atoms with Gasteiger partial charge in [-0.3, -0.25) is 9.59 Å². The first-order valence-corrected chi connectivity index (χ1v) is 6.48. The van der Waals surface area contributed by atoms with Crippen LogP contribution in [0.2, 0.25) is 0 Å². The maximum atomic E-state index is 11.4. The SMILES string of the molecule is CCC(=O)c1ccc(SCCC(=O)OC)cc1. The highest BCUT2D eigenvalue weighted by Gasteiger charge is 2.04. The van der Waals surface area contributed by atoms with Crippen LogP contribution in [0.5, 0.6) is 0 Å². The summed E-state index contributed by atoms with van der Waals surface area (Å²) in [6, 6.07) is 7.47. The minimum Gasteiger partial charge on any atom is -0.469 e. The second-order valence-corrected chi connectivity index (χ2v) is 4.64. The maximum absolute atomic E-state index is 11.4. The number of Topliss-reactive ketones (excluding diaryl/α,β-unsaturated/α-hetero) is 1. The molecule has 1 aromatic carbocycles. The highest BCUT2D eigenvalue weighted by Crippen LogP contribution is 2.19. The van der Waals surface area contributed by atoms with Crippen LogP contribution in [0, 0.1) is 0 Å². The molecule has 0 N–H and O–H groups in total. The zero-order chi connectivity index (χ0) is 12.7. The topological polar surface area (TPSA) is 43.4 Å². The van der Waals surface area contributed by atoms with Crippen LogP contribution in [0.15, 0.2) is 29.2 Å². The number of esters is 1. The van der Waals surface area contributed by atoms with E-state index in [9.17, 15) is 9.59 Å². The van der Waals surface area contributed by atoms with E-state index in [1.165, 1.54) is 7.11 Å². The van der Waals surface area contributed by atoms with Gasteiger partial charge in [-0.05, 0) is 12.1 Å². The fourth-order valence-corrected chi connectivity index (χ4v) is 2.13. The van der Waals surface area contributed by atoms with Crippen LogP contribution in [0.1, 0.15) is 30.1 Å². The quantitative estimate of drug-likeness (QED) is 0.443. The number of hydrogen-bond donors (Lipinski definition) is 0. The van der Waals surface area contributed by atoms with Gasteiger partial charge in [-0.1, -0.05) is 19.1 Å². The predicted octanol–water partition coefficient (Wildman–Crippen LogP) is 2.93. The van der Waals surface area contributed by atoms with Crippen molar-refractivity contribution >= 4 is 23.5 Å². The van der Waals surface area contributed by atoms with Gasteiger partial charge in [0.2, 0.25) is 0 Å². The molecule has 0 fully saturated rings. The maximum Gasteiger partial charge on any atom is 0.306 e. The minimum atomic E-state index is -0.199. The first-order chi connectivity index (χ1) is 8.17. The molecule has 0 amide bonds. The zero-order valence-corrected chi connectivity index (χ0v) is 10.9. The predicted molar refractivity (Wildman–Crippen MR) is 68.4 cm³/mol. The monoisotopic (exact) mass is 252 g/mol. The largest absolute Gasteiger partial charge is 0.469 e. The highest BCUT2D eigenvalue weighted by molar-refractivity contribution is 7.99. The lowest BCUT2D eigenvalue weighted by Crippen LogP contribution is -2.01. The van der Waals surface area contributed by atoms with Gasteiger partial charge in [0.25, 0.3) is 0 Å². The Bertz CT molecular complexity index is 384. The number of rotatable bonds is 6. The van der Waals surface area contributed by atoms with E-state index in [2.05, 4.69) is 4.74 Å². The minimum absolute atomic E-state index is 0.149. The Labute approximate surface area is 106 Å². The Hall–Kier alpha value is -1.29. The fourth-order valence-electron chi connectivity index (χ4n) is 1.30. The van der Waals surface area contributed by atoms with Crippen LogP contribution in [0.3, 0.4) is 0 Å². The van der Waals surface area contributed by atoms with E-state index in [0.717, 1.165) is 10.5 Å². The Morgan fingerprint density at radius 2 is 1.88 bits per heavy atom. The third-order valence-corrected chi connectivity index (χ3v) is 3.31. The zero-order valence-electron chi connectivity index (χ0n) is 10.1. The second-order valence-electron chi connectivity index (χ2n) is 3.48. The van der Waals surface area contributed by atoms with E-state index in [0.29, 0.717) is 18.6 Å². The molecule has 17 heavy (non-hydrogen) atoms. The summed E-state index contributed by atoms with van der Waals surface area (Å²) >= 11 is 1.58. The molecule has 0 aromatic heterocycles. The third kappa shape index (κ3) is 4.61. The molecule has 0 atom stereocenters. The molecule has 0 saturated carbocycles. The van der Waals surface area contributed by atoms with E-state index in [1.54, 1.807) is 11.8 Å². The van der Waals surface area contributed by atoms with Gasteiger partial charge in [-0.25, -0.2) is 0 Å². The molecule has 0 aliphatic heterocycles. The van der Waals surface area contributed by atoms with Crippen LogP contribution in [-0.2, 0) is 9.53 Å². The van der Waals surface area contributed by atoms with Gasteiger partial charge in [0.1, 0.15) is 0 Å². The number of carbonyl (C=O) groups is 2. The molecular weight excluding hydrogens is 236 g/mol. The Morgan fingerprint density at radius 1 is 1.24 bits per heavy atom. The number of carbonyl (C=O) groups excluding carboxylic acids is 2. The lowest BCUT2D eigenvalue weighted by Gasteiger charge is -2.02. The third-order valence-electron chi connectivity index (χ3n) is 2.30. The van der Waals surface area contributed by atoms with Crippen LogP contribution >= 0.6 is 11.8 Å². The van der Waals surface area contributed by atoms with Crippen molar-refractivity contribution in [2.45, 2.75) is 24.7 Å². The Balaban J connectivity index is 2.46. The van der Waals surface area contributed by atoms with Crippen LogP contribution in [0.4, 0.5) is 0 Å². The van der Waals surface area contributed by atoms with Crippen LogP contribution in [0.25, 0.3) is 0 Å². The molecule has 1 aromatic rings. The standard InChI is InChI=1S/C13H16O3S/c1-3-12(14)10-4-6-11(7-5-10)17-9-8-13(15)16-2/h4-7H,3,8-9H2,1-2H3. The first kappa shape index (κ1) is 13.8. The smallest absolute Gasteiger partial charge is 0.306 e. The number of benzene rings is 1. The number of hydrogen-bond acceptors (Lipinski definition) is 4. The molecule has 0 unspecified atom stereocenters. The molecule has 0 bridgehead atoms. The van der Waals surface area contributed by atoms with E-state index >= 15 is 0 Å². The number of methoxy groups -OCH3 is 1. The van der Waals surface area contributed by atoms with Crippen LogP contribution in [-0.4, -0.2) is 24.6 Å². The fraction of sp³-hybridized carbons (Fsp3) is 0.385. The molecule has 0 aliphatic carbocycles. The van der Waals surface area contributed by atoms with Gasteiger partial charge < -0.3 is 4.74 Å². The number of ether oxygens (including phenoxy) is 1. The summed E-state index contributed by atoms with van der Waals surface area (Å²) in [4.78, 5) is 23.4. The summed E-state index contributed by atoms with van der Waals surface area (Å²) in [7, 11) is 1.39. The van der Waals surface area contributed by atoms with Crippen molar-refractivity contribution in [2.75, 3.05) is 12.9 Å². The van der Waals surface area contributed by atoms with Gasteiger partial charge in [0.15, 0.2) is 5.78 Å². The van der Waals surface area contributed by atoms with Crippen molar-refractivity contribution in [3.63, 3.8) is 0 Å². The van der Waals surface area contributed by atoms with Crippen molar-refractivity contribution in [2.24, 2.45) is 0 Å². The molecule has 0 radical (unpaired) electrons. The van der Waals surface area contributed by atoms with Crippen molar-refractivity contribution in [3.05, 3.63) is 29.8 Å². The number of ketones is 1. The normalized spacial score (nSPS) is 10.0. The molecule has 0 aliphatic rings. The van der Waals surface area contributed by atoms with Gasteiger partial charge in [-0.2, -0.15) is 0 Å². The Morgan fingerprint density at radius 3 is 2.41 bits per heavy atom. The summed E-state index contributed by atoms with van der Waals surface area (Å²) in [6.07, 6.45) is 0.922. The van der Waals surface area contributed by atoms with E-state index in [4.69, 9.17) is 0 Å². The summed E-state index contributed by atoms with van der Waals surface area (Å²) in [5.41, 5.74) is 0.741. The summed E-state index contributed by atoms with van der Waals surface area (Å²) in [6.45, 7) is 1.85. The molecule has 1 rings (SSSR count). The molecule has 3 nitrogen and oxygen atoms in total. The molecule has 0 saturated heterocycles. The van der Waals surface area contributed by atoms with E-state index < -0.39 is 0 Å². The summed E-state index contributed by atoms with van der Waals surface area (Å²) < 4.78 is 4.56. The molecule has 4 heteroatoms. The second kappa shape index (κ2) is 7.12. The van der Waals surface area contributed by atoms with E-state index in [1.807, 2.05) is 31.2 Å².